The van der Waals surface area contributed by atoms with E-state index in [4.69, 9.17) is 5.73 Å². The van der Waals surface area contributed by atoms with Gasteiger partial charge in [-0.1, -0.05) is 92.7 Å². The molecule has 0 spiro atoms. The first kappa shape index (κ1) is 21.0. The van der Waals surface area contributed by atoms with E-state index in [1.165, 1.54) is 0 Å². The van der Waals surface area contributed by atoms with Crippen LogP contribution in [0.3, 0.4) is 0 Å². The minimum Gasteiger partial charge on any atom is -0.388 e. The van der Waals surface area contributed by atoms with Gasteiger partial charge in [-0.3, -0.25) is 4.79 Å². The molecule has 3 rings (SSSR count). The van der Waals surface area contributed by atoms with Crippen LogP contribution in [0, 0.1) is 0 Å². The number of rotatable bonds is 7. The summed E-state index contributed by atoms with van der Waals surface area (Å²) in [5.74, 6) is -0.615. The van der Waals surface area contributed by atoms with Crippen LogP contribution in [0.15, 0.2) is 84.9 Å². The fraction of sp³-hybridized carbons (Fsp3) is 0.208. The van der Waals surface area contributed by atoms with Gasteiger partial charge in [0.05, 0.1) is 11.7 Å². The van der Waals surface area contributed by atoms with Gasteiger partial charge >= 0.3 is 0 Å². The highest BCUT2D eigenvalue weighted by Crippen LogP contribution is 2.59. The Hall–Kier alpha value is -2.68. The maximum Gasteiger partial charge on any atom is 0.249 e. The Kier molecular flexibility index (Phi) is 6.07. The molecule has 3 aromatic carbocycles. The molecule has 0 bridgehead atoms. The molecule has 0 saturated carbocycles. The number of hydrogen-bond donors (Lipinski definition) is 2. The van der Waals surface area contributed by atoms with E-state index < -0.39 is 24.3 Å². The van der Waals surface area contributed by atoms with Crippen LogP contribution in [0.1, 0.15) is 42.3 Å². The third-order valence-corrected chi connectivity index (χ3v) is 9.34. The lowest BCUT2D eigenvalue weighted by Crippen LogP contribution is -2.37. The molecule has 0 aliphatic rings. The summed E-state index contributed by atoms with van der Waals surface area (Å²) in [6, 6.07) is 25.3. The van der Waals surface area contributed by atoms with Crippen molar-refractivity contribution < 1.29 is 14.5 Å². The molecule has 150 valence electrons. The van der Waals surface area contributed by atoms with Crippen LogP contribution in [-0.4, -0.2) is 16.2 Å². The summed E-state index contributed by atoms with van der Waals surface area (Å²) in [5, 5.41) is 11.1. The second-order valence-electron chi connectivity index (χ2n) is 7.77. The lowest BCUT2D eigenvalue weighted by atomic mass is 9.99. The number of benzene rings is 3. The Balaban J connectivity index is 2.16. The average molecular weight is 407 g/mol. The summed E-state index contributed by atoms with van der Waals surface area (Å²) in [6.07, 6.45) is -0.528. The zero-order valence-corrected chi connectivity index (χ0v) is 17.6. The largest absolute Gasteiger partial charge is 0.388 e. The van der Waals surface area contributed by atoms with E-state index in [0.29, 0.717) is 10.6 Å². The molecule has 4 nitrogen and oxygen atoms in total. The molecular formula is C24H26NO3P. The van der Waals surface area contributed by atoms with Gasteiger partial charge in [-0.15, -0.1) is 0 Å². The van der Waals surface area contributed by atoms with Crippen molar-refractivity contribution in [3.8, 4) is 0 Å². The fourth-order valence-electron chi connectivity index (χ4n) is 3.80. The maximum atomic E-state index is 14.8. The smallest absolute Gasteiger partial charge is 0.249 e. The SMILES string of the molecule is CC(C)(C[C@H](O)c1ccccc1)[P@](=O)(c1ccccc1)c1ccccc1C(N)=O. The first-order valence-corrected chi connectivity index (χ1v) is 11.3. The molecule has 0 aromatic heterocycles. The molecule has 0 fully saturated rings. The van der Waals surface area contributed by atoms with E-state index >= 15 is 0 Å². The number of nitrogens with two attached hydrogens (primary N) is 1. The molecule has 3 aromatic rings. The monoisotopic (exact) mass is 407 g/mol. The van der Waals surface area contributed by atoms with Crippen LogP contribution in [0.4, 0.5) is 0 Å². The third kappa shape index (κ3) is 4.05. The number of aliphatic hydroxyl groups excluding tert-OH is 1. The van der Waals surface area contributed by atoms with Gasteiger partial charge in [0, 0.05) is 15.8 Å². The standard InChI is InChI=1S/C24H26NO3P/c1-24(2,17-21(26)18-11-5-3-6-12-18)29(28,19-13-7-4-8-14-19)22-16-10-9-15-20(22)23(25)27/h3-16,21,26H,17H2,1-2H3,(H2,25,27)/t21-,29-/m0/s1. The van der Waals surface area contributed by atoms with E-state index in [1.807, 2.05) is 74.5 Å². The molecule has 1 amide bonds. The van der Waals surface area contributed by atoms with Crippen molar-refractivity contribution in [1.29, 1.82) is 0 Å². The number of amides is 1. The lowest BCUT2D eigenvalue weighted by molar-refractivity contribution is 0.100. The van der Waals surface area contributed by atoms with Crippen molar-refractivity contribution in [3.63, 3.8) is 0 Å². The van der Waals surface area contributed by atoms with Crippen molar-refractivity contribution in [3.05, 3.63) is 96.1 Å². The molecule has 0 aliphatic heterocycles. The lowest BCUT2D eigenvalue weighted by Gasteiger charge is -2.37. The Morgan fingerprint density at radius 3 is 2.03 bits per heavy atom. The topological polar surface area (TPSA) is 80.4 Å². The van der Waals surface area contributed by atoms with Gasteiger partial charge in [0.2, 0.25) is 5.91 Å². The van der Waals surface area contributed by atoms with Crippen molar-refractivity contribution in [2.45, 2.75) is 31.5 Å². The Morgan fingerprint density at radius 1 is 0.931 bits per heavy atom. The predicted octanol–water partition coefficient (Wildman–Crippen LogP) is 4.00. The van der Waals surface area contributed by atoms with E-state index in [9.17, 15) is 14.5 Å². The zero-order valence-electron chi connectivity index (χ0n) is 16.7. The number of aliphatic hydroxyl groups is 1. The highest BCUT2D eigenvalue weighted by atomic mass is 31.2. The summed E-state index contributed by atoms with van der Waals surface area (Å²) in [5.41, 5.74) is 6.63. The molecule has 2 atom stereocenters. The van der Waals surface area contributed by atoms with Crippen LogP contribution in [0.5, 0.6) is 0 Å². The second kappa shape index (κ2) is 8.36. The van der Waals surface area contributed by atoms with Gasteiger partial charge in [-0.2, -0.15) is 0 Å². The molecule has 3 N–H and O–H groups in total. The summed E-state index contributed by atoms with van der Waals surface area (Å²) in [4.78, 5) is 12.1. The van der Waals surface area contributed by atoms with Gasteiger partial charge in [0.1, 0.15) is 7.14 Å². The van der Waals surface area contributed by atoms with Crippen LogP contribution in [-0.2, 0) is 4.57 Å². The van der Waals surface area contributed by atoms with Gasteiger partial charge in [-0.05, 0) is 18.1 Å². The number of hydrogen-bond acceptors (Lipinski definition) is 3. The summed E-state index contributed by atoms with van der Waals surface area (Å²) < 4.78 is 14.8. The highest BCUT2D eigenvalue weighted by molar-refractivity contribution is 7.80. The van der Waals surface area contributed by atoms with E-state index in [0.717, 1.165) is 5.56 Å². The number of primary amides is 1. The zero-order chi connectivity index (χ0) is 21.1. The minimum absolute atomic E-state index is 0.252. The van der Waals surface area contributed by atoms with Crippen LogP contribution < -0.4 is 16.3 Å². The van der Waals surface area contributed by atoms with Crippen LogP contribution >= 0.6 is 7.14 Å². The van der Waals surface area contributed by atoms with Crippen molar-refractivity contribution in [2.24, 2.45) is 5.73 Å². The van der Waals surface area contributed by atoms with E-state index in [1.54, 1.807) is 24.3 Å². The Morgan fingerprint density at radius 2 is 1.45 bits per heavy atom. The predicted molar refractivity (Wildman–Crippen MR) is 118 cm³/mol. The first-order chi connectivity index (χ1) is 13.8. The van der Waals surface area contributed by atoms with Crippen LogP contribution in [0.25, 0.3) is 0 Å². The van der Waals surface area contributed by atoms with E-state index in [-0.39, 0.29) is 12.0 Å². The number of carbonyl (C=O) groups is 1. The summed E-state index contributed by atoms with van der Waals surface area (Å²) >= 11 is 0. The summed E-state index contributed by atoms with van der Waals surface area (Å²) in [7, 11) is -3.35. The molecule has 0 unspecified atom stereocenters. The Bertz CT molecular complexity index is 1030. The molecule has 0 saturated heterocycles. The third-order valence-electron chi connectivity index (χ3n) is 5.36. The molecule has 5 heteroatoms. The minimum atomic E-state index is -3.35. The van der Waals surface area contributed by atoms with Crippen molar-refractivity contribution in [2.75, 3.05) is 0 Å². The first-order valence-electron chi connectivity index (χ1n) is 9.55. The van der Waals surface area contributed by atoms with E-state index in [2.05, 4.69) is 0 Å². The van der Waals surface area contributed by atoms with Gasteiger partial charge in [0.15, 0.2) is 0 Å². The number of carbonyl (C=O) groups excluding carboxylic acids is 1. The molecule has 0 heterocycles. The molecule has 0 aliphatic carbocycles. The van der Waals surface area contributed by atoms with Crippen molar-refractivity contribution in [1.82, 2.24) is 0 Å². The van der Waals surface area contributed by atoms with Crippen LogP contribution in [0.2, 0.25) is 0 Å². The van der Waals surface area contributed by atoms with Gasteiger partial charge < -0.3 is 15.4 Å². The quantitative estimate of drug-likeness (QED) is 0.581. The molecular weight excluding hydrogens is 381 g/mol. The van der Waals surface area contributed by atoms with Gasteiger partial charge in [0.25, 0.3) is 0 Å². The molecule has 29 heavy (non-hydrogen) atoms. The second-order valence-corrected chi connectivity index (χ2v) is 11.2. The average Bonchev–Trinajstić information content (AvgIpc) is 2.74. The van der Waals surface area contributed by atoms with Gasteiger partial charge in [-0.25, -0.2) is 0 Å². The molecule has 0 radical (unpaired) electrons. The van der Waals surface area contributed by atoms with Crippen molar-refractivity contribution >= 4 is 23.7 Å². The highest BCUT2D eigenvalue weighted by Gasteiger charge is 2.45. The maximum absolute atomic E-state index is 14.8. The normalized spacial score (nSPS) is 14.7. The fourth-order valence-corrected chi connectivity index (χ4v) is 7.28. The summed E-state index contributed by atoms with van der Waals surface area (Å²) in [6.45, 7) is 3.76. The Labute approximate surface area is 171 Å².